The molecule has 1 atom stereocenters. The van der Waals surface area contributed by atoms with Crippen LogP contribution in [-0.4, -0.2) is 39.0 Å². The lowest BCUT2D eigenvalue weighted by atomic mass is 10.3. The topological polar surface area (TPSA) is 39.7 Å². The van der Waals surface area contributed by atoms with Crippen LogP contribution in [0.25, 0.3) is 0 Å². The average Bonchev–Trinajstić information content (AvgIpc) is 2.39. The van der Waals surface area contributed by atoms with Gasteiger partial charge >= 0.3 is 0 Å². The smallest absolute Gasteiger partial charge is 0.161 e. The summed E-state index contributed by atoms with van der Waals surface area (Å²) in [7, 11) is 0. The number of nitrogens with one attached hydrogen (secondary N) is 1. The summed E-state index contributed by atoms with van der Waals surface area (Å²) in [5.41, 5.74) is 0. The molecule has 1 heterocycles. The zero-order valence-corrected chi connectivity index (χ0v) is 11.4. The van der Waals surface area contributed by atoms with Crippen molar-refractivity contribution in [1.29, 1.82) is 0 Å². The van der Waals surface area contributed by atoms with Crippen LogP contribution in [0.2, 0.25) is 0 Å². The van der Waals surface area contributed by atoms with Crippen molar-refractivity contribution in [2.24, 2.45) is 0 Å². The second kappa shape index (κ2) is 8.19. The molecular formula is C13H20ClNO3. The van der Waals surface area contributed by atoms with Crippen molar-refractivity contribution in [3.63, 3.8) is 0 Å². The van der Waals surface area contributed by atoms with E-state index in [1.54, 1.807) is 0 Å². The van der Waals surface area contributed by atoms with Crippen molar-refractivity contribution < 1.29 is 14.2 Å². The highest BCUT2D eigenvalue weighted by Gasteiger charge is 2.14. The van der Waals surface area contributed by atoms with Crippen LogP contribution >= 0.6 is 12.4 Å². The van der Waals surface area contributed by atoms with E-state index in [4.69, 9.17) is 14.2 Å². The first-order chi connectivity index (χ1) is 8.40. The quantitative estimate of drug-likeness (QED) is 0.889. The summed E-state index contributed by atoms with van der Waals surface area (Å²) in [6.07, 6.45) is 0.124. The Kier molecular flexibility index (Phi) is 6.86. The predicted octanol–water partition coefficient (Wildman–Crippen LogP) is 1.87. The first-order valence-corrected chi connectivity index (χ1v) is 6.07. The highest BCUT2D eigenvalue weighted by Crippen LogP contribution is 2.26. The minimum absolute atomic E-state index is 0. The monoisotopic (exact) mass is 273 g/mol. The molecule has 2 rings (SSSR count). The van der Waals surface area contributed by atoms with E-state index in [0.717, 1.165) is 31.2 Å². The molecule has 0 aliphatic carbocycles. The van der Waals surface area contributed by atoms with Crippen LogP contribution in [0.1, 0.15) is 6.92 Å². The van der Waals surface area contributed by atoms with Crippen LogP contribution in [0.4, 0.5) is 0 Å². The van der Waals surface area contributed by atoms with Gasteiger partial charge in [0.1, 0.15) is 12.7 Å². The molecule has 1 fully saturated rings. The van der Waals surface area contributed by atoms with Crippen LogP contribution in [0.5, 0.6) is 11.5 Å². The molecule has 0 saturated carbocycles. The van der Waals surface area contributed by atoms with Gasteiger partial charge in [-0.15, -0.1) is 12.4 Å². The highest BCUT2D eigenvalue weighted by atomic mass is 35.5. The third-order valence-electron chi connectivity index (χ3n) is 2.58. The van der Waals surface area contributed by atoms with Crippen molar-refractivity contribution in [3.05, 3.63) is 24.3 Å². The number of hydrogen-bond acceptors (Lipinski definition) is 4. The summed E-state index contributed by atoms with van der Waals surface area (Å²) in [5, 5.41) is 3.27. The molecule has 18 heavy (non-hydrogen) atoms. The summed E-state index contributed by atoms with van der Waals surface area (Å²) in [4.78, 5) is 0. The number of morpholine rings is 1. The molecule has 1 aliphatic rings. The normalized spacial score (nSPS) is 18.8. The largest absolute Gasteiger partial charge is 0.490 e. The van der Waals surface area contributed by atoms with Gasteiger partial charge in [-0.25, -0.2) is 0 Å². The lowest BCUT2D eigenvalue weighted by molar-refractivity contribution is -0.000350. The van der Waals surface area contributed by atoms with Crippen molar-refractivity contribution in [3.8, 4) is 11.5 Å². The minimum atomic E-state index is 0. The molecule has 1 aliphatic heterocycles. The van der Waals surface area contributed by atoms with Gasteiger partial charge in [0.2, 0.25) is 0 Å². The van der Waals surface area contributed by atoms with E-state index in [-0.39, 0.29) is 18.5 Å². The summed E-state index contributed by atoms with van der Waals surface area (Å²) in [5.74, 6) is 1.57. The maximum absolute atomic E-state index is 5.74. The maximum atomic E-state index is 5.74. The molecule has 0 unspecified atom stereocenters. The fourth-order valence-electron chi connectivity index (χ4n) is 1.75. The second-order valence-electron chi connectivity index (χ2n) is 3.89. The van der Waals surface area contributed by atoms with Gasteiger partial charge < -0.3 is 19.5 Å². The van der Waals surface area contributed by atoms with E-state index < -0.39 is 0 Å². The van der Waals surface area contributed by atoms with Crippen molar-refractivity contribution in [2.45, 2.75) is 13.0 Å². The van der Waals surface area contributed by atoms with Crippen LogP contribution in [0, 0.1) is 0 Å². The summed E-state index contributed by atoms with van der Waals surface area (Å²) in [6, 6.07) is 7.72. The van der Waals surface area contributed by atoms with Gasteiger partial charge in [0, 0.05) is 13.1 Å². The van der Waals surface area contributed by atoms with Gasteiger partial charge in [-0.3, -0.25) is 0 Å². The van der Waals surface area contributed by atoms with Gasteiger partial charge in [0.25, 0.3) is 0 Å². The molecule has 1 aromatic rings. The van der Waals surface area contributed by atoms with Gasteiger partial charge in [-0.05, 0) is 19.1 Å². The molecule has 0 aromatic heterocycles. The standard InChI is InChI=1S/C13H19NO3.ClH/c1-2-15-12-5-3-4-6-13(12)17-10-11-9-14-7-8-16-11;/h3-6,11,14H,2,7-10H2,1H3;1H/t11-;/m0./s1. The number of rotatable bonds is 5. The van der Waals surface area contributed by atoms with Crippen molar-refractivity contribution in [1.82, 2.24) is 5.32 Å². The molecule has 102 valence electrons. The predicted molar refractivity (Wildman–Crippen MR) is 73.0 cm³/mol. The first kappa shape index (κ1) is 15.1. The van der Waals surface area contributed by atoms with Gasteiger partial charge in [0.15, 0.2) is 11.5 Å². The second-order valence-corrected chi connectivity index (χ2v) is 3.89. The number of halogens is 1. The van der Waals surface area contributed by atoms with Crippen LogP contribution in [0.15, 0.2) is 24.3 Å². The van der Waals surface area contributed by atoms with Crippen LogP contribution in [-0.2, 0) is 4.74 Å². The number of hydrogen-bond donors (Lipinski definition) is 1. The van der Waals surface area contributed by atoms with Gasteiger partial charge in [0.05, 0.1) is 13.2 Å². The Hall–Kier alpha value is -0.970. The molecule has 0 bridgehead atoms. The highest BCUT2D eigenvalue weighted by molar-refractivity contribution is 5.85. The third-order valence-corrected chi connectivity index (χ3v) is 2.58. The molecule has 5 heteroatoms. The average molecular weight is 274 g/mol. The Bertz CT molecular complexity index is 343. The third kappa shape index (κ3) is 4.37. The van der Waals surface area contributed by atoms with E-state index >= 15 is 0 Å². The van der Waals surface area contributed by atoms with Gasteiger partial charge in [-0.2, -0.15) is 0 Å². The van der Waals surface area contributed by atoms with E-state index in [2.05, 4.69) is 5.32 Å². The molecule has 0 spiro atoms. The number of para-hydroxylation sites is 2. The zero-order chi connectivity index (χ0) is 11.9. The van der Waals surface area contributed by atoms with Crippen molar-refractivity contribution in [2.75, 3.05) is 32.9 Å². The molecule has 0 amide bonds. The SMILES string of the molecule is CCOc1ccccc1OC[C@@H]1CNCCO1.Cl. The van der Waals surface area contributed by atoms with E-state index in [1.807, 2.05) is 31.2 Å². The molecule has 4 nitrogen and oxygen atoms in total. The zero-order valence-electron chi connectivity index (χ0n) is 10.6. The Morgan fingerprint density at radius 2 is 2.00 bits per heavy atom. The minimum Gasteiger partial charge on any atom is -0.490 e. The van der Waals surface area contributed by atoms with Crippen molar-refractivity contribution >= 4 is 12.4 Å². The molecule has 1 N–H and O–H groups in total. The van der Waals surface area contributed by atoms with Gasteiger partial charge in [-0.1, -0.05) is 12.1 Å². The van der Waals surface area contributed by atoms with Crippen LogP contribution < -0.4 is 14.8 Å². The van der Waals surface area contributed by atoms with E-state index in [9.17, 15) is 0 Å². The number of ether oxygens (including phenoxy) is 3. The number of benzene rings is 1. The molecule has 1 aromatic carbocycles. The van der Waals surface area contributed by atoms with E-state index in [0.29, 0.717) is 13.2 Å². The van der Waals surface area contributed by atoms with E-state index in [1.165, 1.54) is 0 Å². The lowest BCUT2D eigenvalue weighted by Crippen LogP contribution is -2.41. The first-order valence-electron chi connectivity index (χ1n) is 6.07. The molecule has 1 saturated heterocycles. The maximum Gasteiger partial charge on any atom is 0.161 e. The molecular weight excluding hydrogens is 254 g/mol. The Balaban J connectivity index is 0.00000162. The summed E-state index contributed by atoms with van der Waals surface area (Å²) in [6.45, 7) is 5.67. The summed E-state index contributed by atoms with van der Waals surface area (Å²) >= 11 is 0. The lowest BCUT2D eigenvalue weighted by Gasteiger charge is -2.24. The summed E-state index contributed by atoms with van der Waals surface area (Å²) < 4.78 is 16.8. The fraction of sp³-hybridized carbons (Fsp3) is 0.538. The molecule has 0 radical (unpaired) electrons. The van der Waals surface area contributed by atoms with Crippen LogP contribution in [0.3, 0.4) is 0 Å². The Morgan fingerprint density at radius 3 is 2.61 bits per heavy atom. The fourth-order valence-corrected chi connectivity index (χ4v) is 1.75. The Morgan fingerprint density at radius 1 is 1.28 bits per heavy atom. The Labute approximate surface area is 114 Å².